The van der Waals surface area contributed by atoms with E-state index in [4.69, 9.17) is 9.47 Å². The second kappa shape index (κ2) is 8.71. The number of carbonyl (C=O) groups is 2. The lowest BCUT2D eigenvalue weighted by Crippen LogP contribution is -2.45. The topological polar surface area (TPSA) is 76.7 Å². The number of aryl methyl sites for hydroxylation is 1. The van der Waals surface area contributed by atoms with Crippen molar-refractivity contribution in [1.29, 1.82) is 0 Å². The maximum atomic E-state index is 11.9. The first-order chi connectivity index (χ1) is 13.1. The number of nitrogens with one attached hydrogen (secondary N) is 2. The van der Waals surface area contributed by atoms with Crippen LogP contribution in [0, 0.1) is 6.92 Å². The van der Waals surface area contributed by atoms with Crippen LogP contribution in [0.15, 0.2) is 66.7 Å². The summed E-state index contributed by atoms with van der Waals surface area (Å²) >= 11 is 0. The Morgan fingerprint density at radius 2 is 1.41 bits per heavy atom. The molecule has 138 valence electrons. The zero-order valence-electron chi connectivity index (χ0n) is 14.9. The Morgan fingerprint density at radius 3 is 2.15 bits per heavy atom. The summed E-state index contributed by atoms with van der Waals surface area (Å²) in [4.78, 5) is 23.6. The Kier molecular flexibility index (Phi) is 5.89. The molecule has 0 aliphatic rings. The number of carbonyl (C=O) groups excluding carboxylic acids is 2. The van der Waals surface area contributed by atoms with Gasteiger partial charge in [0.25, 0.3) is 11.8 Å². The van der Waals surface area contributed by atoms with Crippen molar-refractivity contribution >= 4 is 22.6 Å². The molecule has 0 spiro atoms. The minimum Gasteiger partial charge on any atom is -0.484 e. The highest BCUT2D eigenvalue weighted by molar-refractivity contribution is 5.89. The minimum atomic E-state index is -0.466. The van der Waals surface area contributed by atoms with E-state index in [0.717, 1.165) is 16.3 Å². The fraction of sp³-hybridized carbons (Fsp3) is 0.143. The maximum absolute atomic E-state index is 11.9. The minimum absolute atomic E-state index is 0.201. The van der Waals surface area contributed by atoms with Gasteiger partial charge in [0.05, 0.1) is 0 Å². The molecule has 0 unspecified atom stereocenters. The predicted molar refractivity (Wildman–Crippen MR) is 102 cm³/mol. The van der Waals surface area contributed by atoms with Gasteiger partial charge < -0.3 is 9.47 Å². The zero-order chi connectivity index (χ0) is 19.1. The van der Waals surface area contributed by atoms with Crippen molar-refractivity contribution in [2.75, 3.05) is 13.2 Å². The van der Waals surface area contributed by atoms with E-state index in [1.807, 2.05) is 55.5 Å². The number of benzene rings is 3. The summed E-state index contributed by atoms with van der Waals surface area (Å²) < 4.78 is 10.9. The lowest BCUT2D eigenvalue weighted by atomic mass is 10.1. The van der Waals surface area contributed by atoms with Gasteiger partial charge in [0.15, 0.2) is 13.2 Å². The lowest BCUT2D eigenvalue weighted by molar-refractivity contribution is -0.130. The number of ether oxygens (including phenoxy) is 2. The first-order valence-corrected chi connectivity index (χ1v) is 8.49. The molecule has 0 heterocycles. The number of hydrogen-bond acceptors (Lipinski definition) is 4. The Labute approximate surface area is 157 Å². The van der Waals surface area contributed by atoms with Crippen molar-refractivity contribution in [3.05, 3.63) is 72.3 Å². The van der Waals surface area contributed by atoms with Crippen LogP contribution in [0.3, 0.4) is 0 Å². The average molecular weight is 364 g/mol. The van der Waals surface area contributed by atoms with E-state index in [2.05, 4.69) is 10.9 Å². The van der Waals surface area contributed by atoms with Gasteiger partial charge in [-0.15, -0.1) is 0 Å². The van der Waals surface area contributed by atoms with E-state index in [-0.39, 0.29) is 13.2 Å². The maximum Gasteiger partial charge on any atom is 0.276 e. The highest BCUT2D eigenvalue weighted by Crippen LogP contribution is 2.24. The van der Waals surface area contributed by atoms with Crippen LogP contribution in [0.4, 0.5) is 0 Å². The summed E-state index contributed by atoms with van der Waals surface area (Å²) in [7, 11) is 0. The van der Waals surface area contributed by atoms with Crippen molar-refractivity contribution in [1.82, 2.24) is 10.9 Å². The molecule has 6 nitrogen and oxygen atoms in total. The quantitative estimate of drug-likeness (QED) is 0.660. The molecule has 0 aliphatic heterocycles. The van der Waals surface area contributed by atoms with Crippen LogP contribution in [0.25, 0.3) is 10.8 Å². The molecule has 3 rings (SSSR count). The molecule has 0 bridgehead atoms. The van der Waals surface area contributed by atoms with Gasteiger partial charge in [-0.2, -0.15) is 0 Å². The summed E-state index contributed by atoms with van der Waals surface area (Å²) in [6.45, 7) is 1.55. The van der Waals surface area contributed by atoms with Crippen LogP contribution >= 0.6 is 0 Å². The molecule has 0 aromatic heterocycles. The predicted octanol–water partition coefficient (Wildman–Crippen LogP) is 2.75. The van der Waals surface area contributed by atoms with Gasteiger partial charge >= 0.3 is 0 Å². The van der Waals surface area contributed by atoms with Crippen LogP contribution in [0.2, 0.25) is 0 Å². The van der Waals surface area contributed by atoms with Gasteiger partial charge in [-0.3, -0.25) is 20.4 Å². The fourth-order valence-corrected chi connectivity index (χ4v) is 2.46. The molecule has 0 aliphatic carbocycles. The molecule has 3 aromatic rings. The smallest absolute Gasteiger partial charge is 0.276 e. The van der Waals surface area contributed by atoms with Crippen LogP contribution in [0.5, 0.6) is 11.5 Å². The third-order valence-corrected chi connectivity index (χ3v) is 3.84. The second-order valence-electron chi connectivity index (χ2n) is 5.96. The van der Waals surface area contributed by atoms with Crippen molar-refractivity contribution < 1.29 is 19.1 Å². The molecule has 2 amide bonds. The molecule has 0 atom stereocenters. The van der Waals surface area contributed by atoms with E-state index in [1.165, 1.54) is 0 Å². The third kappa shape index (κ3) is 5.22. The first kappa shape index (κ1) is 18.3. The van der Waals surface area contributed by atoms with Gasteiger partial charge in [-0.1, -0.05) is 54.1 Å². The van der Waals surface area contributed by atoms with Crippen molar-refractivity contribution in [2.45, 2.75) is 6.92 Å². The van der Waals surface area contributed by atoms with Crippen LogP contribution in [-0.4, -0.2) is 25.0 Å². The molecule has 0 fully saturated rings. The van der Waals surface area contributed by atoms with Crippen molar-refractivity contribution in [2.24, 2.45) is 0 Å². The summed E-state index contributed by atoms with van der Waals surface area (Å²) in [6, 6.07) is 20.7. The molecule has 2 N–H and O–H groups in total. The largest absolute Gasteiger partial charge is 0.484 e. The third-order valence-electron chi connectivity index (χ3n) is 3.84. The first-order valence-electron chi connectivity index (χ1n) is 8.49. The van der Waals surface area contributed by atoms with Gasteiger partial charge in [0.2, 0.25) is 0 Å². The molecule has 3 aromatic carbocycles. The molecule has 0 saturated heterocycles. The van der Waals surface area contributed by atoms with Gasteiger partial charge in [0.1, 0.15) is 11.5 Å². The highest BCUT2D eigenvalue weighted by atomic mass is 16.5. The summed E-state index contributed by atoms with van der Waals surface area (Å²) in [5.41, 5.74) is 5.70. The van der Waals surface area contributed by atoms with E-state index >= 15 is 0 Å². The van der Waals surface area contributed by atoms with Gasteiger partial charge in [-0.25, -0.2) is 0 Å². The van der Waals surface area contributed by atoms with E-state index in [0.29, 0.717) is 11.5 Å². The monoisotopic (exact) mass is 364 g/mol. The Morgan fingerprint density at radius 1 is 0.778 bits per heavy atom. The van der Waals surface area contributed by atoms with Gasteiger partial charge in [-0.05, 0) is 30.5 Å². The number of fused-ring (bicyclic) bond motifs is 1. The van der Waals surface area contributed by atoms with E-state index in [1.54, 1.807) is 18.2 Å². The van der Waals surface area contributed by atoms with Gasteiger partial charge in [0, 0.05) is 5.39 Å². The number of amides is 2. The van der Waals surface area contributed by atoms with Crippen molar-refractivity contribution in [3.63, 3.8) is 0 Å². The van der Waals surface area contributed by atoms with Crippen molar-refractivity contribution in [3.8, 4) is 11.5 Å². The van der Waals surface area contributed by atoms with Crippen LogP contribution in [0.1, 0.15) is 5.56 Å². The Balaban J connectivity index is 1.42. The molecule has 0 saturated carbocycles. The summed E-state index contributed by atoms with van der Waals surface area (Å²) in [6.07, 6.45) is 0. The number of rotatable bonds is 6. The SMILES string of the molecule is Cc1ccc(OCC(=O)NNC(=O)COc2cccc3ccccc23)cc1. The zero-order valence-corrected chi connectivity index (χ0v) is 14.9. The number of hydrazine groups is 1. The standard InChI is InChI=1S/C21H20N2O4/c1-15-9-11-17(12-10-15)26-13-20(24)22-23-21(25)14-27-19-8-4-6-16-5-2-3-7-18(16)19/h2-12H,13-14H2,1H3,(H,22,24)(H,23,25). The summed E-state index contributed by atoms with van der Waals surface area (Å²) in [5, 5.41) is 1.94. The highest BCUT2D eigenvalue weighted by Gasteiger charge is 2.08. The number of hydrogen-bond donors (Lipinski definition) is 2. The van der Waals surface area contributed by atoms with Crippen LogP contribution < -0.4 is 20.3 Å². The van der Waals surface area contributed by atoms with E-state index < -0.39 is 11.8 Å². The molecule has 6 heteroatoms. The van der Waals surface area contributed by atoms with Crippen LogP contribution in [-0.2, 0) is 9.59 Å². The second-order valence-corrected chi connectivity index (χ2v) is 5.96. The Hall–Kier alpha value is -3.54. The molecular formula is C21H20N2O4. The average Bonchev–Trinajstić information content (AvgIpc) is 2.70. The fourth-order valence-electron chi connectivity index (χ4n) is 2.46. The Bertz CT molecular complexity index is 933. The molecule has 0 radical (unpaired) electrons. The summed E-state index contributed by atoms with van der Waals surface area (Å²) in [5.74, 6) is 0.263. The normalized spacial score (nSPS) is 10.3. The molecular weight excluding hydrogens is 344 g/mol. The lowest BCUT2D eigenvalue weighted by Gasteiger charge is -2.11. The molecule has 27 heavy (non-hydrogen) atoms. The van der Waals surface area contributed by atoms with E-state index in [9.17, 15) is 9.59 Å².